The highest BCUT2D eigenvalue weighted by atomic mass is 28.3. The normalized spacial score (nSPS) is 12.6. The molecule has 0 atom stereocenters. The fourth-order valence-electron chi connectivity index (χ4n) is 10.3. The third-order valence-corrected chi connectivity index (χ3v) is 18.5. The maximum absolute atomic E-state index is 2.61. The summed E-state index contributed by atoms with van der Waals surface area (Å²) in [6.07, 6.45) is 0. The smallest absolute Gasteiger partial charge is 0.179 e. The third-order valence-electron chi connectivity index (χ3n) is 13.7. The van der Waals surface area contributed by atoms with Crippen LogP contribution in [0.1, 0.15) is 25.0 Å². The minimum atomic E-state index is -2.61. The van der Waals surface area contributed by atoms with Crippen molar-refractivity contribution in [3.05, 3.63) is 272 Å². The Morgan fingerprint density at radius 2 is 0.600 bits per heavy atom. The van der Waals surface area contributed by atoms with Crippen LogP contribution in [-0.4, -0.2) is 8.07 Å². The molecule has 65 heavy (non-hydrogen) atoms. The molecule has 0 amide bonds. The minimum absolute atomic E-state index is 0.0441. The fourth-order valence-corrected chi connectivity index (χ4v) is 15.1. The van der Waals surface area contributed by atoms with Crippen LogP contribution in [0.5, 0.6) is 0 Å². The molecule has 10 aromatic rings. The summed E-state index contributed by atoms with van der Waals surface area (Å²) in [5.41, 5.74) is 16.0. The summed E-state index contributed by atoms with van der Waals surface area (Å²) >= 11 is 0. The van der Waals surface area contributed by atoms with Crippen molar-refractivity contribution in [1.29, 1.82) is 0 Å². The van der Waals surface area contributed by atoms with Gasteiger partial charge in [0, 0.05) is 22.5 Å². The Bertz CT molecular complexity index is 3120. The Kier molecular flexibility index (Phi) is 10.3. The van der Waals surface area contributed by atoms with E-state index in [0.717, 1.165) is 17.1 Å². The monoisotopic (exact) mass is 847 g/mol. The van der Waals surface area contributed by atoms with Crippen molar-refractivity contribution in [2.45, 2.75) is 19.3 Å². The van der Waals surface area contributed by atoms with Crippen molar-refractivity contribution in [2.24, 2.45) is 0 Å². The highest BCUT2D eigenvalue weighted by molar-refractivity contribution is 7.19. The van der Waals surface area contributed by atoms with E-state index < -0.39 is 8.07 Å². The van der Waals surface area contributed by atoms with Crippen molar-refractivity contribution in [3.8, 4) is 44.5 Å². The van der Waals surface area contributed by atoms with Crippen LogP contribution < -0.4 is 25.6 Å². The molecule has 1 aliphatic rings. The summed E-state index contributed by atoms with van der Waals surface area (Å²) in [4.78, 5) is 2.37. The van der Waals surface area contributed by atoms with Crippen LogP contribution in [0.3, 0.4) is 0 Å². The lowest BCUT2D eigenvalue weighted by Crippen LogP contribution is -2.74. The van der Waals surface area contributed by atoms with E-state index in [1.54, 1.807) is 0 Å². The van der Waals surface area contributed by atoms with Crippen LogP contribution in [-0.2, 0) is 5.41 Å². The van der Waals surface area contributed by atoms with Crippen LogP contribution in [0, 0.1) is 0 Å². The van der Waals surface area contributed by atoms with Gasteiger partial charge in [-0.25, -0.2) is 0 Å². The molecular weight excluding hydrogens is 799 g/mol. The van der Waals surface area contributed by atoms with Gasteiger partial charge < -0.3 is 4.90 Å². The van der Waals surface area contributed by atoms with Gasteiger partial charge in [0.1, 0.15) is 0 Å². The van der Waals surface area contributed by atoms with E-state index in [4.69, 9.17) is 0 Å². The predicted octanol–water partition coefficient (Wildman–Crippen LogP) is 13.8. The molecule has 310 valence electrons. The molecule has 0 unspecified atom stereocenters. The van der Waals surface area contributed by atoms with E-state index in [0.29, 0.717) is 0 Å². The molecule has 0 saturated heterocycles. The lowest BCUT2D eigenvalue weighted by molar-refractivity contribution is 0.660. The first-order valence-electron chi connectivity index (χ1n) is 22.7. The van der Waals surface area contributed by atoms with Crippen LogP contribution in [0.2, 0.25) is 0 Å². The van der Waals surface area contributed by atoms with Crippen molar-refractivity contribution in [2.75, 3.05) is 4.90 Å². The van der Waals surface area contributed by atoms with E-state index in [-0.39, 0.29) is 5.41 Å². The average Bonchev–Trinajstić information content (AvgIpc) is 3.61. The Morgan fingerprint density at radius 1 is 0.277 bits per heavy atom. The topological polar surface area (TPSA) is 3.24 Å². The van der Waals surface area contributed by atoms with Crippen molar-refractivity contribution < 1.29 is 0 Å². The van der Waals surface area contributed by atoms with E-state index in [1.165, 1.54) is 76.4 Å². The minimum Gasteiger partial charge on any atom is -0.311 e. The van der Waals surface area contributed by atoms with Crippen LogP contribution >= 0.6 is 0 Å². The second-order valence-electron chi connectivity index (χ2n) is 17.7. The van der Waals surface area contributed by atoms with Crippen molar-refractivity contribution >= 4 is 45.9 Å². The van der Waals surface area contributed by atoms with Gasteiger partial charge in [0.25, 0.3) is 0 Å². The zero-order valence-corrected chi connectivity index (χ0v) is 37.8. The maximum atomic E-state index is 2.41. The molecule has 0 aliphatic heterocycles. The molecule has 2 heteroatoms. The van der Waals surface area contributed by atoms with Gasteiger partial charge in [-0.15, -0.1) is 0 Å². The summed E-state index contributed by atoms with van der Waals surface area (Å²) in [6, 6.07) is 96.3. The average molecular weight is 848 g/mol. The van der Waals surface area contributed by atoms with E-state index >= 15 is 0 Å². The Hall–Kier alpha value is -7.78. The largest absolute Gasteiger partial charge is 0.311 e. The number of rotatable bonds is 10. The predicted molar refractivity (Wildman–Crippen MR) is 279 cm³/mol. The first-order chi connectivity index (χ1) is 32.0. The molecule has 0 bridgehead atoms. The van der Waals surface area contributed by atoms with Gasteiger partial charge in [-0.1, -0.05) is 232 Å². The van der Waals surface area contributed by atoms with Gasteiger partial charge in [-0.3, -0.25) is 0 Å². The van der Waals surface area contributed by atoms with E-state index in [2.05, 4.69) is 280 Å². The summed E-state index contributed by atoms with van der Waals surface area (Å²) in [5, 5.41) is 5.49. The molecule has 11 rings (SSSR count). The molecule has 1 aliphatic carbocycles. The zero-order valence-electron chi connectivity index (χ0n) is 36.8. The highest BCUT2D eigenvalue weighted by Gasteiger charge is 2.41. The number of anilines is 3. The first kappa shape index (κ1) is 40.0. The highest BCUT2D eigenvalue weighted by Crippen LogP contribution is 2.49. The molecule has 0 radical (unpaired) electrons. The lowest BCUT2D eigenvalue weighted by Gasteiger charge is -2.34. The van der Waals surface area contributed by atoms with Crippen LogP contribution in [0.25, 0.3) is 44.5 Å². The molecule has 0 heterocycles. The standard InChI is InChI=1S/C63H49NSi/c1-63(2)61-26-16-15-25-59(61)60-44-35-51(45-62(60)63)50-31-40-54(41-32-50)64(52-36-27-47(28-37-52)46-17-7-3-8-18-46)53-38-29-48(30-39-53)49-33-42-58(43-34-49)65(55-19-9-4-10-20-55,56-21-11-5-12-22-56)57-23-13-6-14-24-57/h3-45H,1-2H3. The number of benzene rings is 10. The summed E-state index contributed by atoms with van der Waals surface area (Å²) in [6.45, 7) is 4.70. The molecule has 10 aromatic carbocycles. The quantitative estimate of drug-likeness (QED) is 0.0979. The van der Waals surface area contributed by atoms with Gasteiger partial charge in [-0.2, -0.15) is 0 Å². The lowest BCUT2D eigenvalue weighted by atomic mass is 9.81. The van der Waals surface area contributed by atoms with E-state index in [9.17, 15) is 0 Å². The SMILES string of the molecule is CC1(C)c2ccccc2-c2ccc(-c3ccc(N(c4ccc(-c5ccccc5)cc4)c4ccc(-c5ccc([Si](c6ccccc6)(c6ccccc6)c6ccccc6)cc5)cc4)cc3)cc21. The summed E-state index contributed by atoms with van der Waals surface area (Å²) in [5.74, 6) is 0. The molecule has 0 fully saturated rings. The van der Waals surface area contributed by atoms with Gasteiger partial charge >= 0.3 is 0 Å². The van der Waals surface area contributed by atoms with Crippen LogP contribution in [0.4, 0.5) is 17.1 Å². The van der Waals surface area contributed by atoms with Crippen molar-refractivity contribution in [1.82, 2.24) is 0 Å². The Morgan fingerprint density at radius 3 is 1.06 bits per heavy atom. The summed E-state index contributed by atoms with van der Waals surface area (Å²) < 4.78 is 0. The van der Waals surface area contributed by atoms with Gasteiger partial charge in [0.2, 0.25) is 0 Å². The number of fused-ring (bicyclic) bond motifs is 3. The molecule has 0 spiro atoms. The Labute approximate surface area is 384 Å². The molecular formula is C63H49NSi. The first-order valence-corrected chi connectivity index (χ1v) is 24.7. The molecule has 0 N–H and O–H groups in total. The second kappa shape index (κ2) is 16.7. The van der Waals surface area contributed by atoms with Gasteiger partial charge in [0.05, 0.1) is 0 Å². The molecule has 0 saturated carbocycles. The van der Waals surface area contributed by atoms with E-state index in [1.807, 2.05) is 0 Å². The zero-order chi connectivity index (χ0) is 43.8. The number of nitrogens with zero attached hydrogens (tertiary/aromatic N) is 1. The second-order valence-corrected chi connectivity index (χ2v) is 21.5. The van der Waals surface area contributed by atoms with Crippen LogP contribution in [0.15, 0.2) is 261 Å². The molecule has 1 nitrogen and oxygen atoms in total. The molecule has 0 aromatic heterocycles. The van der Waals surface area contributed by atoms with Gasteiger partial charge in [0.15, 0.2) is 8.07 Å². The number of hydrogen-bond donors (Lipinski definition) is 0. The number of hydrogen-bond acceptors (Lipinski definition) is 1. The maximum Gasteiger partial charge on any atom is 0.179 e. The van der Waals surface area contributed by atoms with Crippen molar-refractivity contribution in [3.63, 3.8) is 0 Å². The van der Waals surface area contributed by atoms with Gasteiger partial charge in [-0.05, 0) is 119 Å². The third kappa shape index (κ3) is 7.13. The summed E-state index contributed by atoms with van der Waals surface area (Å²) in [7, 11) is -2.61. The fraction of sp³-hybridized carbons (Fsp3) is 0.0476. The Balaban J connectivity index is 0.944.